The van der Waals surface area contributed by atoms with Gasteiger partial charge in [0.2, 0.25) is 0 Å². The number of aromatic nitrogens is 1. The number of hydrogen-bond acceptors (Lipinski definition) is 4. The van der Waals surface area contributed by atoms with Gasteiger partial charge in [0.25, 0.3) is 0 Å². The molecule has 0 saturated heterocycles. The van der Waals surface area contributed by atoms with Crippen LogP contribution in [0.5, 0.6) is 0 Å². The van der Waals surface area contributed by atoms with E-state index >= 15 is 0 Å². The maximum atomic E-state index is 8.29. The van der Waals surface area contributed by atoms with Crippen LogP contribution in [0.2, 0.25) is 0 Å². The molecular formula is C4H6N2OS. The van der Waals surface area contributed by atoms with Crippen LogP contribution < -0.4 is 5.32 Å². The van der Waals surface area contributed by atoms with E-state index in [0.29, 0.717) is 0 Å². The Bertz CT molecular complexity index is 140. The molecule has 0 radical (unpaired) electrons. The molecule has 1 heterocycles. The van der Waals surface area contributed by atoms with Crippen molar-refractivity contribution >= 4 is 16.5 Å². The van der Waals surface area contributed by atoms with Crippen LogP contribution in [0.3, 0.4) is 0 Å². The van der Waals surface area contributed by atoms with Crippen molar-refractivity contribution in [3.05, 3.63) is 11.6 Å². The molecule has 1 aromatic rings. The van der Waals surface area contributed by atoms with Crippen molar-refractivity contribution in [3.63, 3.8) is 0 Å². The topological polar surface area (TPSA) is 45.1 Å². The van der Waals surface area contributed by atoms with Crippen molar-refractivity contribution in [2.24, 2.45) is 0 Å². The van der Waals surface area contributed by atoms with Crippen LogP contribution in [-0.2, 0) is 0 Å². The van der Waals surface area contributed by atoms with Gasteiger partial charge in [-0.3, -0.25) is 0 Å². The summed E-state index contributed by atoms with van der Waals surface area (Å²) in [7, 11) is 0. The molecule has 1 aromatic heterocycles. The van der Waals surface area contributed by atoms with E-state index in [1.807, 2.05) is 5.38 Å². The Morgan fingerprint density at radius 2 is 2.75 bits per heavy atom. The van der Waals surface area contributed by atoms with Gasteiger partial charge in [-0.2, -0.15) is 0 Å². The van der Waals surface area contributed by atoms with Gasteiger partial charge in [-0.25, -0.2) is 4.98 Å². The fourth-order valence-corrected chi connectivity index (χ4v) is 0.899. The molecule has 0 amide bonds. The van der Waals surface area contributed by atoms with E-state index in [1.54, 1.807) is 6.20 Å². The Morgan fingerprint density at radius 3 is 3.25 bits per heavy atom. The summed E-state index contributed by atoms with van der Waals surface area (Å²) in [5.74, 6) is 0. The van der Waals surface area contributed by atoms with E-state index in [0.717, 1.165) is 5.13 Å². The first-order valence-corrected chi connectivity index (χ1v) is 3.05. The molecule has 44 valence electrons. The van der Waals surface area contributed by atoms with Gasteiger partial charge in [0.1, 0.15) is 6.73 Å². The summed E-state index contributed by atoms with van der Waals surface area (Å²) in [6, 6.07) is 0. The molecule has 1 rings (SSSR count). The van der Waals surface area contributed by atoms with E-state index in [-0.39, 0.29) is 6.73 Å². The normalized spacial score (nSPS) is 9.12. The first-order valence-electron chi connectivity index (χ1n) is 2.17. The molecule has 0 aliphatic heterocycles. The molecule has 0 atom stereocenters. The molecule has 0 unspecified atom stereocenters. The third-order valence-corrected chi connectivity index (χ3v) is 1.39. The Hall–Kier alpha value is -0.610. The van der Waals surface area contributed by atoms with Gasteiger partial charge in [0.05, 0.1) is 0 Å². The van der Waals surface area contributed by atoms with Crippen LogP contribution in [0.15, 0.2) is 11.6 Å². The summed E-state index contributed by atoms with van der Waals surface area (Å²) in [5, 5.41) is 13.5. The average Bonchev–Trinajstić information content (AvgIpc) is 2.19. The second-order valence-corrected chi connectivity index (χ2v) is 2.07. The van der Waals surface area contributed by atoms with Crippen LogP contribution in [0.25, 0.3) is 0 Å². The van der Waals surface area contributed by atoms with Crippen LogP contribution >= 0.6 is 11.3 Å². The van der Waals surface area contributed by atoms with Gasteiger partial charge in [0, 0.05) is 11.6 Å². The number of nitrogens with one attached hydrogen (secondary N) is 1. The van der Waals surface area contributed by atoms with Gasteiger partial charge in [0.15, 0.2) is 5.13 Å². The summed E-state index contributed by atoms with van der Waals surface area (Å²) in [5.41, 5.74) is 0. The summed E-state index contributed by atoms with van der Waals surface area (Å²) in [6.45, 7) is -0.0481. The third-order valence-electron chi connectivity index (χ3n) is 0.663. The average molecular weight is 130 g/mol. The lowest BCUT2D eigenvalue weighted by molar-refractivity contribution is 0.325. The maximum Gasteiger partial charge on any atom is 0.184 e. The fourth-order valence-electron chi connectivity index (χ4n) is 0.378. The Labute approximate surface area is 51.0 Å². The summed E-state index contributed by atoms with van der Waals surface area (Å²) in [4.78, 5) is 3.85. The molecule has 2 N–H and O–H groups in total. The molecule has 0 aromatic carbocycles. The van der Waals surface area contributed by atoms with Gasteiger partial charge in [-0.15, -0.1) is 11.3 Å². The largest absolute Gasteiger partial charge is 0.377 e. The molecule has 0 spiro atoms. The third kappa shape index (κ3) is 1.18. The van der Waals surface area contributed by atoms with Crippen LogP contribution in [-0.4, -0.2) is 16.8 Å². The lowest BCUT2D eigenvalue weighted by atomic mass is 11.0. The monoisotopic (exact) mass is 130 g/mol. The van der Waals surface area contributed by atoms with Crippen LogP contribution in [0.4, 0.5) is 5.13 Å². The molecule has 0 aliphatic rings. The molecule has 0 saturated carbocycles. The zero-order valence-electron chi connectivity index (χ0n) is 4.16. The van der Waals surface area contributed by atoms with E-state index in [1.165, 1.54) is 11.3 Å². The first-order chi connectivity index (χ1) is 3.93. The number of thiazole rings is 1. The van der Waals surface area contributed by atoms with Crippen molar-refractivity contribution in [2.45, 2.75) is 0 Å². The highest BCUT2D eigenvalue weighted by molar-refractivity contribution is 7.13. The summed E-state index contributed by atoms with van der Waals surface area (Å²) >= 11 is 1.47. The molecule has 8 heavy (non-hydrogen) atoms. The lowest BCUT2D eigenvalue weighted by Gasteiger charge is -1.91. The molecule has 0 bridgehead atoms. The number of hydrogen-bond donors (Lipinski definition) is 2. The van der Waals surface area contributed by atoms with Crippen molar-refractivity contribution in [1.82, 2.24) is 4.98 Å². The van der Waals surface area contributed by atoms with Crippen molar-refractivity contribution in [2.75, 3.05) is 12.0 Å². The minimum atomic E-state index is -0.0481. The van der Waals surface area contributed by atoms with E-state index in [9.17, 15) is 0 Å². The van der Waals surface area contributed by atoms with E-state index < -0.39 is 0 Å². The second kappa shape index (κ2) is 2.64. The molecule has 3 nitrogen and oxygen atoms in total. The predicted molar refractivity (Wildman–Crippen MR) is 32.8 cm³/mol. The highest BCUT2D eigenvalue weighted by Crippen LogP contribution is 2.08. The van der Waals surface area contributed by atoms with Crippen molar-refractivity contribution in [3.8, 4) is 0 Å². The van der Waals surface area contributed by atoms with E-state index in [2.05, 4.69) is 10.3 Å². The highest BCUT2D eigenvalue weighted by Gasteiger charge is 1.86. The van der Waals surface area contributed by atoms with Gasteiger partial charge >= 0.3 is 0 Å². The maximum absolute atomic E-state index is 8.29. The minimum Gasteiger partial charge on any atom is -0.377 e. The smallest absolute Gasteiger partial charge is 0.184 e. The molecule has 4 heteroatoms. The zero-order chi connectivity index (χ0) is 5.82. The molecular weight excluding hydrogens is 124 g/mol. The standard InChI is InChI=1S/C4H6N2OS/c7-3-6-4-5-1-2-8-4/h1-2,7H,3H2,(H,5,6). The highest BCUT2D eigenvalue weighted by atomic mass is 32.1. The number of anilines is 1. The molecule has 0 fully saturated rings. The first kappa shape index (κ1) is 5.53. The van der Waals surface area contributed by atoms with Crippen molar-refractivity contribution < 1.29 is 5.11 Å². The quantitative estimate of drug-likeness (QED) is 0.573. The van der Waals surface area contributed by atoms with Gasteiger partial charge in [-0.1, -0.05) is 0 Å². The number of rotatable bonds is 2. The lowest BCUT2D eigenvalue weighted by Crippen LogP contribution is -1.97. The Kier molecular flexibility index (Phi) is 1.82. The zero-order valence-corrected chi connectivity index (χ0v) is 4.98. The number of aliphatic hydroxyl groups excluding tert-OH is 1. The fraction of sp³-hybridized carbons (Fsp3) is 0.250. The van der Waals surface area contributed by atoms with Crippen LogP contribution in [0, 0.1) is 0 Å². The summed E-state index contributed by atoms with van der Waals surface area (Å²) < 4.78 is 0. The van der Waals surface area contributed by atoms with Gasteiger partial charge < -0.3 is 10.4 Å². The van der Waals surface area contributed by atoms with E-state index in [4.69, 9.17) is 5.11 Å². The second-order valence-electron chi connectivity index (χ2n) is 1.17. The number of nitrogens with zero attached hydrogens (tertiary/aromatic N) is 1. The Morgan fingerprint density at radius 1 is 1.88 bits per heavy atom. The Balaban J connectivity index is 2.50. The van der Waals surface area contributed by atoms with Gasteiger partial charge in [-0.05, 0) is 0 Å². The number of aliphatic hydroxyl groups is 1. The van der Waals surface area contributed by atoms with Crippen LogP contribution in [0.1, 0.15) is 0 Å². The summed E-state index contributed by atoms with van der Waals surface area (Å²) in [6.07, 6.45) is 1.68. The predicted octanol–water partition coefficient (Wildman–Crippen LogP) is 0.505. The SMILES string of the molecule is OCNc1nccs1. The minimum absolute atomic E-state index is 0.0481. The molecule has 0 aliphatic carbocycles. The van der Waals surface area contributed by atoms with Crippen molar-refractivity contribution in [1.29, 1.82) is 0 Å².